The largest absolute Gasteiger partial charge is 0.493 e. The summed E-state index contributed by atoms with van der Waals surface area (Å²) in [6, 6.07) is 9.83. The second-order valence-electron chi connectivity index (χ2n) is 5.44. The molecule has 0 bridgehead atoms. The molecule has 1 unspecified atom stereocenters. The van der Waals surface area contributed by atoms with E-state index in [0.717, 1.165) is 12.1 Å². The molecule has 0 N–H and O–H groups in total. The highest BCUT2D eigenvalue weighted by atomic mass is 19.1. The number of hydrogen-bond donors (Lipinski definition) is 0. The molecule has 0 aliphatic rings. The van der Waals surface area contributed by atoms with Gasteiger partial charge in [-0.1, -0.05) is 6.07 Å². The van der Waals surface area contributed by atoms with Gasteiger partial charge in [0.2, 0.25) is 0 Å². The Hall–Kier alpha value is -3.40. The minimum atomic E-state index is -0.876. The first-order chi connectivity index (χ1) is 12.9. The number of halogens is 2. The van der Waals surface area contributed by atoms with Gasteiger partial charge in [-0.2, -0.15) is 5.26 Å². The van der Waals surface area contributed by atoms with E-state index in [1.807, 2.05) is 6.07 Å². The molecule has 0 aliphatic heterocycles. The van der Waals surface area contributed by atoms with Gasteiger partial charge in [-0.25, -0.2) is 13.6 Å². The molecule has 0 amide bonds. The SMILES string of the molecule is COc1cc(C=CC(=O)OC(C)c2ccc(F)cc2F)ccc1OCC#N. The van der Waals surface area contributed by atoms with Gasteiger partial charge >= 0.3 is 5.97 Å². The van der Waals surface area contributed by atoms with Crippen LogP contribution in [0.3, 0.4) is 0 Å². The van der Waals surface area contributed by atoms with Gasteiger partial charge in [-0.15, -0.1) is 0 Å². The molecular weight excluding hydrogens is 356 g/mol. The molecule has 0 fully saturated rings. The van der Waals surface area contributed by atoms with Crippen LogP contribution in [0.1, 0.15) is 24.2 Å². The number of hydrogen-bond acceptors (Lipinski definition) is 5. The molecule has 2 aromatic carbocycles. The highest BCUT2D eigenvalue weighted by Crippen LogP contribution is 2.28. The highest BCUT2D eigenvalue weighted by molar-refractivity contribution is 5.87. The maximum atomic E-state index is 13.7. The van der Waals surface area contributed by atoms with Crippen LogP contribution in [0, 0.1) is 23.0 Å². The van der Waals surface area contributed by atoms with Crippen LogP contribution < -0.4 is 9.47 Å². The van der Waals surface area contributed by atoms with E-state index in [0.29, 0.717) is 17.1 Å². The van der Waals surface area contributed by atoms with Crippen LogP contribution in [0.25, 0.3) is 6.08 Å². The molecule has 1 atom stereocenters. The summed E-state index contributed by atoms with van der Waals surface area (Å²) < 4.78 is 42.2. The molecule has 140 valence electrons. The van der Waals surface area contributed by atoms with Crippen LogP contribution in [0.4, 0.5) is 8.78 Å². The zero-order chi connectivity index (χ0) is 19.8. The summed E-state index contributed by atoms with van der Waals surface area (Å²) in [5.74, 6) is -1.36. The zero-order valence-electron chi connectivity index (χ0n) is 14.7. The molecule has 2 aromatic rings. The van der Waals surface area contributed by atoms with Crippen LogP contribution in [-0.4, -0.2) is 19.7 Å². The Bertz CT molecular complexity index is 890. The van der Waals surface area contributed by atoms with Gasteiger partial charge in [-0.05, 0) is 42.8 Å². The van der Waals surface area contributed by atoms with Crippen molar-refractivity contribution in [1.29, 1.82) is 5.26 Å². The number of ether oxygens (including phenoxy) is 3. The van der Waals surface area contributed by atoms with Crippen molar-refractivity contribution in [1.82, 2.24) is 0 Å². The van der Waals surface area contributed by atoms with Crippen LogP contribution in [0.15, 0.2) is 42.5 Å². The standard InChI is InChI=1S/C20H17F2NO4/c1-13(16-6-5-15(21)12-17(16)22)27-20(24)8-4-14-3-7-18(26-10-9-23)19(11-14)25-2/h3-8,11-13H,10H2,1-2H3. The molecule has 0 heterocycles. The number of nitriles is 1. The molecule has 0 aromatic heterocycles. The fourth-order valence-electron chi connectivity index (χ4n) is 2.29. The first kappa shape index (κ1) is 19.9. The maximum Gasteiger partial charge on any atom is 0.331 e. The van der Waals surface area contributed by atoms with Gasteiger partial charge in [0.25, 0.3) is 0 Å². The predicted molar refractivity (Wildman–Crippen MR) is 94.0 cm³/mol. The van der Waals surface area contributed by atoms with Crippen molar-refractivity contribution in [3.8, 4) is 17.6 Å². The summed E-state index contributed by atoms with van der Waals surface area (Å²) in [6.07, 6.45) is 1.80. The van der Waals surface area contributed by atoms with E-state index in [2.05, 4.69) is 0 Å². The summed E-state index contributed by atoms with van der Waals surface area (Å²) >= 11 is 0. The molecule has 2 rings (SSSR count). The highest BCUT2D eigenvalue weighted by Gasteiger charge is 2.15. The third-order valence-corrected chi connectivity index (χ3v) is 3.59. The Morgan fingerprint density at radius 2 is 2.00 bits per heavy atom. The molecule has 0 spiro atoms. The molecule has 0 saturated heterocycles. The second kappa shape index (κ2) is 9.34. The summed E-state index contributed by atoms with van der Waals surface area (Å²) in [4.78, 5) is 11.9. The van der Waals surface area contributed by atoms with Gasteiger partial charge < -0.3 is 14.2 Å². The number of benzene rings is 2. The molecule has 7 heteroatoms. The van der Waals surface area contributed by atoms with Crippen molar-refractivity contribution >= 4 is 12.0 Å². The second-order valence-corrected chi connectivity index (χ2v) is 5.44. The van der Waals surface area contributed by atoms with Crippen molar-refractivity contribution in [3.05, 3.63) is 65.2 Å². The molecule has 0 saturated carbocycles. The van der Waals surface area contributed by atoms with Crippen LogP contribution in [0.2, 0.25) is 0 Å². The molecular formula is C20H17F2NO4. The topological polar surface area (TPSA) is 68.6 Å². The van der Waals surface area contributed by atoms with Gasteiger partial charge in [0.1, 0.15) is 23.8 Å². The van der Waals surface area contributed by atoms with Crippen molar-refractivity contribution in [2.45, 2.75) is 13.0 Å². The normalized spacial score (nSPS) is 11.7. The third-order valence-electron chi connectivity index (χ3n) is 3.59. The number of carbonyl (C=O) groups excluding carboxylic acids is 1. The fraction of sp³-hybridized carbons (Fsp3) is 0.200. The maximum absolute atomic E-state index is 13.7. The zero-order valence-corrected chi connectivity index (χ0v) is 14.7. The number of nitrogens with zero attached hydrogens (tertiary/aromatic N) is 1. The van der Waals surface area contributed by atoms with E-state index < -0.39 is 23.7 Å². The van der Waals surface area contributed by atoms with E-state index in [4.69, 9.17) is 19.5 Å². The molecule has 27 heavy (non-hydrogen) atoms. The number of rotatable bonds is 7. The summed E-state index contributed by atoms with van der Waals surface area (Å²) in [5.41, 5.74) is 0.715. The van der Waals surface area contributed by atoms with Crippen LogP contribution in [0.5, 0.6) is 11.5 Å². The van der Waals surface area contributed by atoms with Gasteiger partial charge in [0.15, 0.2) is 18.1 Å². The van der Waals surface area contributed by atoms with Crippen LogP contribution in [-0.2, 0) is 9.53 Å². The molecule has 0 radical (unpaired) electrons. The molecule has 5 nitrogen and oxygen atoms in total. The average molecular weight is 373 g/mol. The van der Waals surface area contributed by atoms with Crippen molar-refractivity contribution < 1.29 is 27.8 Å². The minimum absolute atomic E-state index is 0.0822. The lowest BCUT2D eigenvalue weighted by atomic mass is 10.1. The number of esters is 1. The Kier molecular flexibility index (Phi) is 6.89. The number of carbonyl (C=O) groups is 1. The Morgan fingerprint density at radius 1 is 1.22 bits per heavy atom. The third kappa shape index (κ3) is 5.54. The van der Waals surface area contributed by atoms with E-state index in [9.17, 15) is 13.6 Å². The van der Waals surface area contributed by atoms with Crippen molar-refractivity contribution in [2.75, 3.05) is 13.7 Å². The Labute approximate surface area is 155 Å². The van der Waals surface area contributed by atoms with Gasteiger partial charge in [-0.3, -0.25) is 0 Å². The lowest BCUT2D eigenvalue weighted by Crippen LogP contribution is -2.08. The quantitative estimate of drug-likeness (QED) is 0.538. The Balaban J connectivity index is 2.04. The van der Waals surface area contributed by atoms with Crippen LogP contribution >= 0.6 is 0 Å². The number of methoxy groups -OCH3 is 1. The first-order valence-electron chi connectivity index (χ1n) is 7.96. The smallest absolute Gasteiger partial charge is 0.331 e. The lowest BCUT2D eigenvalue weighted by molar-refractivity contribution is -0.142. The average Bonchev–Trinajstić information content (AvgIpc) is 2.64. The summed E-state index contributed by atoms with van der Waals surface area (Å²) in [6.45, 7) is 1.38. The van der Waals surface area contributed by atoms with Crippen molar-refractivity contribution in [2.24, 2.45) is 0 Å². The van der Waals surface area contributed by atoms with E-state index in [1.54, 1.807) is 18.2 Å². The van der Waals surface area contributed by atoms with E-state index >= 15 is 0 Å². The summed E-state index contributed by atoms with van der Waals surface area (Å²) in [7, 11) is 1.45. The predicted octanol–water partition coefficient (Wildman–Crippen LogP) is 4.19. The Morgan fingerprint density at radius 3 is 2.67 bits per heavy atom. The molecule has 0 aliphatic carbocycles. The lowest BCUT2D eigenvalue weighted by Gasteiger charge is -2.13. The summed E-state index contributed by atoms with van der Waals surface area (Å²) in [5, 5.41) is 8.56. The van der Waals surface area contributed by atoms with Gasteiger partial charge in [0.05, 0.1) is 7.11 Å². The first-order valence-corrected chi connectivity index (χ1v) is 7.96. The van der Waals surface area contributed by atoms with E-state index in [-0.39, 0.29) is 12.2 Å². The fourth-order valence-corrected chi connectivity index (χ4v) is 2.29. The van der Waals surface area contributed by atoms with E-state index in [1.165, 1.54) is 32.3 Å². The van der Waals surface area contributed by atoms with Crippen molar-refractivity contribution in [3.63, 3.8) is 0 Å². The van der Waals surface area contributed by atoms with Gasteiger partial charge in [0, 0.05) is 17.7 Å². The minimum Gasteiger partial charge on any atom is -0.493 e. The monoisotopic (exact) mass is 373 g/mol.